The van der Waals surface area contributed by atoms with E-state index in [2.05, 4.69) is 24.4 Å². The van der Waals surface area contributed by atoms with Crippen LogP contribution >= 0.6 is 12.0 Å². The first-order chi connectivity index (χ1) is 8.69. The molecule has 2 atom stereocenters. The van der Waals surface area contributed by atoms with Crippen LogP contribution in [-0.2, 0) is 13.7 Å². The van der Waals surface area contributed by atoms with Gasteiger partial charge in [-0.15, -0.1) is 0 Å². The van der Waals surface area contributed by atoms with Gasteiger partial charge in [-0.2, -0.15) is 0 Å². The van der Waals surface area contributed by atoms with Crippen LogP contribution in [0.4, 0.5) is 0 Å². The monoisotopic (exact) mass is 267 g/mol. The van der Waals surface area contributed by atoms with Crippen LogP contribution in [0.5, 0.6) is 0 Å². The van der Waals surface area contributed by atoms with E-state index >= 15 is 0 Å². The first-order valence-corrected chi connectivity index (χ1v) is 6.64. The van der Waals surface area contributed by atoms with Crippen LogP contribution in [0, 0.1) is 6.92 Å². The molecule has 0 saturated carbocycles. The smallest absolute Gasteiger partial charge is 0.322 e. The molecule has 1 saturated heterocycles. The van der Waals surface area contributed by atoms with Crippen LogP contribution in [0.15, 0.2) is 29.2 Å². The number of methoxy groups -OCH3 is 1. The molecule has 18 heavy (non-hydrogen) atoms. The Morgan fingerprint density at radius 1 is 1.39 bits per heavy atom. The zero-order valence-electron chi connectivity index (χ0n) is 10.5. The van der Waals surface area contributed by atoms with Crippen molar-refractivity contribution in [2.75, 3.05) is 13.7 Å². The average Bonchev–Trinajstić information content (AvgIpc) is 2.86. The minimum absolute atomic E-state index is 0.0420. The Morgan fingerprint density at radius 2 is 2.11 bits per heavy atom. The van der Waals surface area contributed by atoms with E-state index in [-0.39, 0.29) is 18.1 Å². The summed E-state index contributed by atoms with van der Waals surface area (Å²) >= 11 is 1.36. The van der Waals surface area contributed by atoms with Crippen LogP contribution in [0.2, 0.25) is 0 Å². The van der Waals surface area contributed by atoms with E-state index in [1.165, 1.54) is 24.7 Å². The molecule has 2 unspecified atom stereocenters. The third-order valence-electron chi connectivity index (χ3n) is 2.88. The number of esters is 1. The predicted octanol–water partition coefficient (Wildman–Crippen LogP) is 1.92. The van der Waals surface area contributed by atoms with Crippen LogP contribution in [-0.4, -0.2) is 31.8 Å². The molecule has 1 fully saturated rings. The van der Waals surface area contributed by atoms with Gasteiger partial charge in [0.2, 0.25) is 0 Å². The summed E-state index contributed by atoms with van der Waals surface area (Å²) in [6, 6.07) is 7.92. The molecule has 1 aromatic rings. The maximum atomic E-state index is 11.3. The Labute approximate surface area is 111 Å². The molecule has 0 bridgehead atoms. The van der Waals surface area contributed by atoms with Crippen molar-refractivity contribution in [2.45, 2.75) is 30.4 Å². The second-order valence-electron chi connectivity index (χ2n) is 4.33. The highest BCUT2D eigenvalue weighted by atomic mass is 32.2. The molecule has 1 aromatic carbocycles. The minimum Gasteiger partial charge on any atom is -0.468 e. The van der Waals surface area contributed by atoms with Gasteiger partial charge < -0.3 is 14.2 Å². The van der Waals surface area contributed by atoms with Crippen molar-refractivity contribution in [2.24, 2.45) is 0 Å². The van der Waals surface area contributed by atoms with Gasteiger partial charge in [0.1, 0.15) is 6.04 Å². The van der Waals surface area contributed by atoms with Gasteiger partial charge in [-0.25, -0.2) is 0 Å². The second-order valence-corrected chi connectivity index (χ2v) is 5.16. The van der Waals surface area contributed by atoms with Gasteiger partial charge in [0, 0.05) is 29.9 Å². The number of carbonyl (C=O) groups excluding carboxylic acids is 1. The number of nitrogens with one attached hydrogen (secondary N) is 1. The Kier molecular flexibility index (Phi) is 4.63. The van der Waals surface area contributed by atoms with Gasteiger partial charge in [-0.1, -0.05) is 17.7 Å². The lowest BCUT2D eigenvalue weighted by molar-refractivity contribution is -0.142. The van der Waals surface area contributed by atoms with Crippen molar-refractivity contribution in [1.82, 2.24) is 5.32 Å². The Balaban J connectivity index is 1.78. The standard InChI is InChI=1S/C13H17NO3S/c1-9-3-5-11(6-4-9)18-17-10-7-12(14-8-10)13(15)16-2/h3-6,10,12,14H,7-8H2,1-2H3. The van der Waals surface area contributed by atoms with Gasteiger partial charge in [0.05, 0.1) is 13.2 Å². The number of carbonyl (C=O) groups is 1. The maximum absolute atomic E-state index is 11.3. The van der Waals surface area contributed by atoms with Gasteiger partial charge in [-0.3, -0.25) is 4.79 Å². The van der Waals surface area contributed by atoms with Gasteiger partial charge in [0.25, 0.3) is 0 Å². The lowest BCUT2D eigenvalue weighted by atomic mass is 10.2. The Morgan fingerprint density at radius 3 is 2.78 bits per heavy atom. The maximum Gasteiger partial charge on any atom is 0.322 e. The molecule has 0 radical (unpaired) electrons. The second kappa shape index (κ2) is 6.22. The molecule has 1 N–H and O–H groups in total. The summed E-state index contributed by atoms with van der Waals surface area (Å²) in [6.45, 7) is 2.73. The molecular formula is C13H17NO3S. The van der Waals surface area contributed by atoms with Crippen LogP contribution < -0.4 is 5.32 Å². The molecule has 0 amide bonds. The van der Waals surface area contributed by atoms with Crippen molar-refractivity contribution in [3.8, 4) is 0 Å². The fourth-order valence-corrected chi connectivity index (χ4v) is 2.46. The lowest BCUT2D eigenvalue weighted by Gasteiger charge is -2.09. The summed E-state index contributed by atoms with van der Waals surface area (Å²) in [6.07, 6.45) is 0.700. The quantitative estimate of drug-likeness (QED) is 0.667. The molecular weight excluding hydrogens is 250 g/mol. The average molecular weight is 267 g/mol. The summed E-state index contributed by atoms with van der Waals surface area (Å²) < 4.78 is 10.4. The molecule has 1 heterocycles. The van der Waals surface area contributed by atoms with Crippen LogP contribution in [0.25, 0.3) is 0 Å². The SMILES string of the molecule is COC(=O)C1CC(OSc2ccc(C)cc2)CN1. The molecule has 1 aliphatic rings. The van der Waals surface area contributed by atoms with Crippen molar-refractivity contribution in [3.63, 3.8) is 0 Å². The van der Waals surface area contributed by atoms with Crippen molar-refractivity contribution < 1.29 is 13.7 Å². The fraction of sp³-hybridized carbons (Fsp3) is 0.462. The van der Waals surface area contributed by atoms with E-state index in [9.17, 15) is 4.79 Å². The zero-order chi connectivity index (χ0) is 13.0. The highest BCUT2D eigenvalue weighted by molar-refractivity contribution is 7.94. The minimum atomic E-state index is -0.237. The van der Waals surface area contributed by atoms with Crippen LogP contribution in [0.3, 0.4) is 0 Å². The number of rotatable bonds is 4. The van der Waals surface area contributed by atoms with Gasteiger partial charge >= 0.3 is 5.97 Å². The normalized spacial score (nSPS) is 23.0. The molecule has 1 aliphatic heterocycles. The molecule has 0 aliphatic carbocycles. The zero-order valence-corrected chi connectivity index (χ0v) is 11.3. The van der Waals surface area contributed by atoms with Crippen molar-refractivity contribution in [1.29, 1.82) is 0 Å². The highest BCUT2D eigenvalue weighted by Crippen LogP contribution is 2.24. The number of ether oxygens (including phenoxy) is 1. The van der Waals surface area contributed by atoms with E-state index < -0.39 is 0 Å². The Hall–Kier alpha value is -1.04. The molecule has 4 nitrogen and oxygen atoms in total. The number of aryl methyl sites for hydroxylation is 1. The fourth-order valence-electron chi connectivity index (χ4n) is 1.82. The van der Waals surface area contributed by atoms with E-state index in [4.69, 9.17) is 8.92 Å². The van der Waals surface area contributed by atoms with E-state index in [0.717, 1.165) is 4.90 Å². The van der Waals surface area contributed by atoms with E-state index in [0.29, 0.717) is 13.0 Å². The number of hydrogen-bond acceptors (Lipinski definition) is 5. The third kappa shape index (κ3) is 3.48. The summed E-state index contributed by atoms with van der Waals surface area (Å²) in [7, 11) is 1.40. The first kappa shape index (κ1) is 13.4. The van der Waals surface area contributed by atoms with Crippen LogP contribution in [0.1, 0.15) is 12.0 Å². The molecule has 0 spiro atoms. The molecule has 2 rings (SSSR count). The topological polar surface area (TPSA) is 47.6 Å². The molecule has 98 valence electrons. The summed E-state index contributed by atoms with van der Waals surface area (Å²) in [5, 5.41) is 3.09. The molecule has 5 heteroatoms. The first-order valence-electron chi connectivity index (χ1n) is 5.90. The summed E-state index contributed by atoms with van der Waals surface area (Å²) in [5.74, 6) is -0.221. The highest BCUT2D eigenvalue weighted by Gasteiger charge is 2.30. The lowest BCUT2D eigenvalue weighted by Crippen LogP contribution is -2.31. The van der Waals surface area contributed by atoms with Crippen molar-refractivity contribution in [3.05, 3.63) is 29.8 Å². The molecule has 0 aromatic heterocycles. The van der Waals surface area contributed by atoms with E-state index in [1.54, 1.807) is 0 Å². The van der Waals surface area contributed by atoms with Gasteiger partial charge in [0.15, 0.2) is 0 Å². The predicted molar refractivity (Wildman–Crippen MR) is 70.3 cm³/mol. The summed E-state index contributed by atoms with van der Waals surface area (Å²) in [4.78, 5) is 12.4. The Bertz CT molecular complexity index is 407. The van der Waals surface area contributed by atoms with Crippen molar-refractivity contribution >= 4 is 18.0 Å². The largest absolute Gasteiger partial charge is 0.468 e. The summed E-state index contributed by atoms with van der Waals surface area (Å²) in [5.41, 5.74) is 1.23. The number of hydrogen-bond donors (Lipinski definition) is 1. The van der Waals surface area contributed by atoms with Gasteiger partial charge in [-0.05, 0) is 19.1 Å². The third-order valence-corrected chi connectivity index (χ3v) is 3.71. The number of benzene rings is 1. The van der Waals surface area contributed by atoms with E-state index in [1.807, 2.05) is 12.1 Å².